The molecule has 1 aliphatic carbocycles. The summed E-state index contributed by atoms with van der Waals surface area (Å²) >= 11 is 0. The number of fused-ring (bicyclic) bond motifs is 1. The van der Waals surface area contributed by atoms with Gasteiger partial charge in [0.05, 0.1) is 18.4 Å². The Morgan fingerprint density at radius 2 is 1.82 bits per heavy atom. The summed E-state index contributed by atoms with van der Waals surface area (Å²) in [6.45, 7) is 3.17. The Labute approximate surface area is 164 Å². The molecular weight excluding hydrogens is 359 g/mol. The molecule has 148 valence electrons. The molecule has 1 saturated carbocycles. The number of benzene rings is 2. The van der Waals surface area contributed by atoms with Crippen molar-refractivity contribution in [3.63, 3.8) is 0 Å². The predicted molar refractivity (Wildman–Crippen MR) is 105 cm³/mol. The Morgan fingerprint density at radius 1 is 1.18 bits per heavy atom. The van der Waals surface area contributed by atoms with Crippen LogP contribution in [0.1, 0.15) is 24.0 Å². The van der Waals surface area contributed by atoms with Crippen LogP contribution in [0.2, 0.25) is 0 Å². The van der Waals surface area contributed by atoms with Crippen LogP contribution in [0, 0.1) is 24.6 Å². The number of likely N-dealkylation sites (tertiary alicyclic amines) is 1. The lowest BCUT2D eigenvalue weighted by molar-refractivity contribution is 0.0328. The van der Waals surface area contributed by atoms with Crippen molar-refractivity contribution in [3.05, 3.63) is 59.4 Å². The van der Waals surface area contributed by atoms with E-state index in [0.717, 1.165) is 11.1 Å². The number of hydrogen-bond donors (Lipinski definition) is 2. The maximum absolute atomic E-state index is 13.2. The molecule has 4 rings (SSSR count). The number of amides is 2. The molecule has 6 heteroatoms. The molecule has 2 aliphatic rings. The van der Waals surface area contributed by atoms with Gasteiger partial charge in [0.2, 0.25) is 0 Å². The molecule has 2 aromatic carbocycles. The average Bonchev–Trinajstić information content (AvgIpc) is 3.18. The van der Waals surface area contributed by atoms with E-state index in [1.807, 2.05) is 25.1 Å². The molecule has 0 radical (unpaired) electrons. The fourth-order valence-electron chi connectivity index (χ4n) is 4.63. The fraction of sp³-hybridized carbons (Fsp3) is 0.409. The Kier molecular flexibility index (Phi) is 4.75. The summed E-state index contributed by atoms with van der Waals surface area (Å²) in [5.41, 5.74) is 1.51. The van der Waals surface area contributed by atoms with Gasteiger partial charge in [0.1, 0.15) is 11.6 Å². The highest BCUT2D eigenvalue weighted by Crippen LogP contribution is 2.49. The molecule has 0 aromatic heterocycles. The van der Waals surface area contributed by atoms with Crippen LogP contribution < -0.4 is 10.1 Å². The molecule has 2 N–H and O–H groups in total. The van der Waals surface area contributed by atoms with E-state index < -0.39 is 5.60 Å². The molecule has 2 amide bonds. The molecule has 2 fully saturated rings. The van der Waals surface area contributed by atoms with Crippen molar-refractivity contribution in [1.29, 1.82) is 0 Å². The monoisotopic (exact) mass is 384 g/mol. The highest BCUT2D eigenvalue weighted by molar-refractivity contribution is 5.91. The smallest absolute Gasteiger partial charge is 0.321 e. The Balaban J connectivity index is 1.42. The average molecular weight is 384 g/mol. The maximum Gasteiger partial charge on any atom is 0.321 e. The molecule has 1 aliphatic heterocycles. The number of nitrogens with one attached hydrogen (secondary N) is 1. The molecule has 1 heterocycles. The van der Waals surface area contributed by atoms with Crippen LogP contribution in [0.3, 0.4) is 0 Å². The quantitative estimate of drug-likeness (QED) is 0.844. The normalized spacial score (nSPS) is 26.2. The van der Waals surface area contributed by atoms with Gasteiger partial charge >= 0.3 is 6.03 Å². The van der Waals surface area contributed by atoms with E-state index in [2.05, 4.69) is 5.32 Å². The van der Waals surface area contributed by atoms with Gasteiger partial charge in [-0.25, -0.2) is 9.18 Å². The minimum atomic E-state index is -0.939. The SMILES string of the molecule is COc1ccc(C)cc1NC(=O)N1CC2CC(O)(c3ccc(F)cc3)CC2C1. The Morgan fingerprint density at radius 3 is 2.43 bits per heavy atom. The second-order valence-corrected chi connectivity index (χ2v) is 8.01. The number of aryl methyl sites for hydroxylation is 1. The van der Waals surface area contributed by atoms with Crippen molar-refractivity contribution < 1.29 is 19.0 Å². The first-order valence-corrected chi connectivity index (χ1v) is 9.57. The van der Waals surface area contributed by atoms with Crippen LogP contribution in [-0.4, -0.2) is 36.2 Å². The molecular formula is C22H25FN2O3. The van der Waals surface area contributed by atoms with Crippen LogP contribution in [0.4, 0.5) is 14.9 Å². The van der Waals surface area contributed by atoms with E-state index in [0.29, 0.717) is 37.4 Å². The van der Waals surface area contributed by atoms with Gasteiger partial charge in [-0.15, -0.1) is 0 Å². The number of carbonyl (C=O) groups is 1. The van der Waals surface area contributed by atoms with E-state index in [1.54, 1.807) is 24.1 Å². The highest BCUT2D eigenvalue weighted by Gasteiger charge is 2.49. The summed E-state index contributed by atoms with van der Waals surface area (Å²) in [6.07, 6.45) is 1.17. The van der Waals surface area contributed by atoms with Crippen molar-refractivity contribution in [2.24, 2.45) is 11.8 Å². The highest BCUT2D eigenvalue weighted by atomic mass is 19.1. The van der Waals surface area contributed by atoms with Gasteiger partial charge in [0.15, 0.2) is 0 Å². The van der Waals surface area contributed by atoms with Crippen LogP contribution >= 0.6 is 0 Å². The van der Waals surface area contributed by atoms with Gasteiger partial charge in [-0.3, -0.25) is 0 Å². The standard InChI is InChI=1S/C22H25FN2O3/c1-14-3-8-20(28-2)19(9-14)24-21(26)25-12-15-10-22(27,11-16(15)13-25)17-4-6-18(23)7-5-17/h3-9,15-16,27H,10-13H2,1-2H3,(H,24,26). The number of carbonyl (C=O) groups excluding carboxylic acids is 1. The molecule has 0 bridgehead atoms. The molecule has 2 unspecified atom stereocenters. The predicted octanol–water partition coefficient (Wildman–Crippen LogP) is 3.90. The van der Waals surface area contributed by atoms with E-state index in [1.165, 1.54) is 12.1 Å². The van der Waals surface area contributed by atoms with E-state index >= 15 is 0 Å². The van der Waals surface area contributed by atoms with Crippen LogP contribution in [0.15, 0.2) is 42.5 Å². The first-order chi connectivity index (χ1) is 13.4. The van der Waals surface area contributed by atoms with Crippen molar-refractivity contribution >= 4 is 11.7 Å². The summed E-state index contributed by atoms with van der Waals surface area (Å²) in [5.74, 6) is 0.796. The molecule has 28 heavy (non-hydrogen) atoms. The molecule has 2 atom stereocenters. The first-order valence-electron chi connectivity index (χ1n) is 9.57. The topological polar surface area (TPSA) is 61.8 Å². The van der Waals surface area contributed by atoms with Crippen molar-refractivity contribution in [1.82, 2.24) is 4.90 Å². The third-order valence-electron chi connectivity index (χ3n) is 6.04. The second kappa shape index (κ2) is 7.09. The van der Waals surface area contributed by atoms with Gasteiger partial charge in [0, 0.05) is 13.1 Å². The first kappa shape index (κ1) is 18.7. The van der Waals surface area contributed by atoms with Crippen molar-refractivity contribution in [2.45, 2.75) is 25.4 Å². The summed E-state index contributed by atoms with van der Waals surface area (Å²) in [5, 5.41) is 14.0. The van der Waals surface area contributed by atoms with Crippen LogP contribution in [0.5, 0.6) is 5.75 Å². The summed E-state index contributed by atoms with van der Waals surface area (Å²) in [7, 11) is 1.58. The number of nitrogens with zero attached hydrogens (tertiary/aromatic N) is 1. The molecule has 0 spiro atoms. The Hall–Kier alpha value is -2.60. The molecule has 5 nitrogen and oxygen atoms in total. The zero-order valence-electron chi connectivity index (χ0n) is 16.1. The van der Waals surface area contributed by atoms with Gasteiger partial charge in [-0.2, -0.15) is 0 Å². The lowest BCUT2D eigenvalue weighted by Gasteiger charge is -2.26. The van der Waals surface area contributed by atoms with Crippen LogP contribution in [-0.2, 0) is 5.60 Å². The zero-order chi connectivity index (χ0) is 19.9. The Bertz CT molecular complexity index is 870. The van der Waals surface area contributed by atoms with Crippen molar-refractivity contribution in [2.75, 3.05) is 25.5 Å². The zero-order valence-corrected chi connectivity index (χ0v) is 16.1. The number of ether oxygens (including phenoxy) is 1. The fourth-order valence-corrected chi connectivity index (χ4v) is 4.63. The summed E-state index contributed by atoms with van der Waals surface area (Å²) in [6, 6.07) is 11.6. The van der Waals surface area contributed by atoms with E-state index in [4.69, 9.17) is 4.74 Å². The number of halogens is 1. The second-order valence-electron chi connectivity index (χ2n) is 8.01. The molecule has 1 saturated heterocycles. The minimum Gasteiger partial charge on any atom is -0.495 e. The van der Waals surface area contributed by atoms with E-state index in [9.17, 15) is 14.3 Å². The lowest BCUT2D eigenvalue weighted by Crippen LogP contribution is -2.35. The van der Waals surface area contributed by atoms with E-state index in [-0.39, 0.29) is 23.7 Å². The minimum absolute atomic E-state index is 0.149. The third-order valence-corrected chi connectivity index (χ3v) is 6.04. The number of aliphatic hydroxyl groups is 1. The van der Waals surface area contributed by atoms with Gasteiger partial charge in [-0.1, -0.05) is 18.2 Å². The number of hydrogen-bond acceptors (Lipinski definition) is 3. The van der Waals surface area contributed by atoms with Gasteiger partial charge < -0.3 is 20.1 Å². The lowest BCUT2D eigenvalue weighted by atomic mass is 9.90. The summed E-state index contributed by atoms with van der Waals surface area (Å²) in [4.78, 5) is 14.6. The van der Waals surface area contributed by atoms with Crippen molar-refractivity contribution in [3.8, 4) is 5.75 Å². The molecule has 2 aromatic rings. The number of rotatable bonds is 3. The van der Waals surface area contributed by atoms with Crippen LogP contribution in [0.25, 0.3) is 0 Å². The van der Waals surface area contributed by atoms with Gasteiger partial charge in [0.25, 0.3) is 0 Å². The largest absolute Gasteiger partial charge is 0.495 e. The summed E-state index contributed by atoms with van der Waals surface area (Å²) < 4.78 is 18.5. The number of anilines is 1. The van der Waals surface area contributed by atoms with Gasteiger partial charge in [-0.05, 0) is 67.0 Å². The number of urea groups is 1. The third kappa shape index (κ3) is 3.44. The number of methoxy groups -OCH3 is 1. The maximum atomic E-state index is 13.2.